The third kappa shape index (κ3) is 4.24. The second-order valence-electron chi connectivity index (χ2n) is 3.17. The predicted octanol–water partition coefficient (Wildman–Crippen LogP) is 0.422. The first-order valence-corrected chi connectivity index (χ1v) is 3.32. The van der Waals surface area contributed by atoms with E-state index in [-0.39, 0.29) is 6.15 Å². The van der Waals surface area contributed by atoms with E-state index in [4.69, 9.17) is 9.59 Å². The van der Waals surface area contributed by atoms with E-state index >= 15 is 0 Å². The van der Waals surface area contributed by atoms with Gasteiger partial charge in [0.15, 0.2) is 0 Å². The van der Waals surface area contributed by atoms with Gasteiger partial charge in [-0.3, -0.25) is 0 Å². The number of hydrogen-bond acceptors (Lipinski definition) is 3. The molecule has 1 fully saturated rings. The Hall–Kier alpha value is -0.660. The molecule has 1 rings (SSSR count). The van der Waals surface area contributed by atoms with Gasteiger partial charge in [-0.1, -0.05) is 13.8 Å². The van der Waals surface area contributed by atoms with Crippen LogP contribution in [-0.4, -0.2) is 19.2 Å². The molecule has 1 aliphatic rings. The molecule has 0 spiro atoms. The lowest BCUT2D eigenvalue weighted by atomic mass is 9.93. The van der Waals surface area contributed by atoms with Crippen LogP contribution in [0, 0.1) is 5.41 Å². The van der Waals surface area contributed by atoms with Gasteiger partial charge in [0, 0.05) is 6.54 Å². The van der Waals surface area contributed by atoms with Gasteiger partial charge < -0.3 is 5.32 Å². The van der Waals surface area contributed by atoms with Crippen molar-refractivity contribution in [3.05, 3.63) is 0 Å². The third-order valence-corrected chi connectivity index (χ3v) is 1.58. The Kier molecular flexibility index (Phi) is 3.93. The summed E-state index contributed by atoms with van der Waals surface area (Å²) in [7, 11) is 0. The molecule has 0 radical (unpaired) electrons. The third-order valence-electron chi connectivity index (χ3n) is 1.58. The molecule has 0 atom stereocenters. The number of rotatable bonds is 0. The molecule has 58 valence electrons. The zero-order chi connectivity index (χ0) is 8.04. The normalized spacial score (nSPS) is 20.6. The summed E-state index contributed by atoms with van der Waals surface area (Å²) in [6.45, 7) is 7.01. The molecule has 3 heteroatoms. The lowest BCUT2D eigenvalue weighted by Gasteiger charge is -2.12. The minimum absolute atomic E-state index is 0.250. The van der Waals surface area contributed by atoms with Crippen LogP contribution in [0.1, 0.15) is 20.3 Å². The first-order chi connectivity index (χ1) is 4.62. The Balaban J connectivity index is 0.000000236. The second-order valence-corrected chi connectivity index (χ2v) is 3.17. The SMILES string of the molecule is CC1(C)CCNC1.O=C=O. The summed E-state index contributed by atoms with van der Waals surface area (Å²) in [6, 6.07) is 0. The zero-order valence-corrected chi connectivity index (χ0v) is 6.44. The quantitative estimate of drug-likeness (QED) is 0.534. The van der Waals surface area contributed by atoms with E-state index in [1.54, 1.807) is 0 Å². The van der Waals surface area contributed by atoms with Crippen molar-refractivity contribution in [2.45, 2.75) is 20.3 Å². The Labute approximate surface area is 60.8 Å². The van der Waals surface area contributed by atoms with Crippen LogP contribution < -0.4 is 5.32 Å². The molecule has 3 nitrogen and oxygen atoms in total. The molecule has 0 amide bonds. The summed E-state index contributed by atoms with van der Waals surface area (Å²) < 4.78 is 0. The van der Waals surface area contributed by atoms with Crippen LogP contribution in [0.5, 0.6) is 0 Å². The molecule has 1 N–H and O–H groups in total. The van der Waals surface area contributed by atoms with Gasteiger partial charge in [-0.05, 0) is 18.4 Å². The first-order valence-electron chi connectivity index (χ1n) is 3.32. The van der Waals surface area contributed by atoms with Gasteiger partial charge in [-0.2, -0.15) is 9.59 Å². The largest absolute Gasteiger partial charge is 0.373 e. The number of nitrogens with one attached hydrogen (secondary N) is 1. The molecule has 1 heterocycles. The van der Waals surface area contributed by atoms with Crippen molar-refractivity contribution in [1.82, 2.24) is 5.32 Å². The van der Waals surface area contributed by atoms with Gasteiger partial charge in [-0.25, -0.2) is 0 Å². The van der Waals surface area contributed by atoms with Crippen LogP contribution in [0.15, 0.2) is 0 Å². The van der Waals surface area contributed by atoms with Crippen molar-refractivity contribution in [2.24, 2.45) is 5.41 Å². The fraction of sp³-hybridized carbons (Fsp3) is 0.857. The van der Waals surface area contributed by atoms with Crippen molar-refractivity contribution in [2.75, 3.05) is 13.1 Å². The molecule has 1 aliphatic heterocycles. The first kappa shape index (κ1) is 9.34. The van der Waals surface area contributed by atoms with Gasteiger partial charge in [0.2, 0.25) is 0 Å². The monoisotopic (exact) mass is 143 g/mol. The van der Waals surface area contributed by atoms with Crippen LogP contribution in [0.4, 0.5) is 0 Å². The molecule has 0 aromatic rings. The second kappa shape index (κ2) is 4.20. The van der Waals surface area contributed by atoms with Gasteiger partial charge in [0.25, 0.3) is 0 Å². The van der Waals surface area contributed by atoms with Gasteiger partial charge in [0.1, 0.15) is 0 Å². The van der Waals surface area contributed by atoms with E-state index in [2.05, 4.69) is 19.2 Å². The fourth-order valence-corrected chi connectivity index (χ4v) is 0.942. The van der Waals surface area contributed by atoms with Crippen LogP contribution in [0.2, 0.25) is 0 Å². The molecule has 0 saturated carbocycles. The maximum absolute atomic E-state index is 8.12. The molecule has 10 heavy (non-hydrogen) atoms. The lowest BCUT2D eigenvalue weighted by Crippen LogP contribution is -2.15. The van der Waals surface area contributed by atoms with Crippen molar-refractivity contribution >= 4 is 6.15 Å². The van der Waals surface area contributed by atoms with E-state index in [0.717, 1.165) is 0 Å². The summed E-state index contributed by atoms with van der Waals surface area (Å²) in [5.41, 5.74) is 0.583. The average Bonchev–Trinajstić information content (AvgIpc) is 2.16. The molecule has 0 bridgehead atoms. The van der Waals surface area contributed by atoms with Crippen LogP contribution in [0.3, 0.4) is 0 Å². The highest BCUT2D eigenvalue weighted by Gasteiger charge is 2.21. The minimum atomic E-state index is 0.250. The Morgan fingerprint density at radius 3 is 2.00 bits per heavy atom. The molecule has 0 aromatic heterocycles. The van der Waals surface area contributed by atoms with Gasteiger partial charge >= 0.3 is 6.15 Å². The number of carbonyl (C=O) groups excluding carboxylic acids is 2. The van der Waals surface area contributed by atoms with Crippen LogP contribution in [-0.2, 0) is 9.59 Å². The highest BCUT2D eigenvalue weighted by atomic mass is 16.2. The van der Waals surface area contributed by atoms with Crippen LogP contribution in [0.25, 0.3) is 0 Å². The fourth-order valence-electron chi connectivity index (χ4n) is 0.942. The van der Waals surface area contributed by atoms with Crippen molar-refractivity contribution in [3.63, 3.8) is 0 Å². The van der Waals surface area contributed by atoms with Crippen LogP contribution >= 0.6 is 0 Å². The average molecular weight is 143 g/mol. The standard InChI is InChI=1S/C6H13N.CO2/c1-6(2)3-4-7-5-6;2-1-3/h7H,3-5H2,1-2H3;. The Morgan fingerprint density at radius 1 is 1.40 bits per heavy atom. The maximum Gasteiger partial charge on any atom is 0.373 e. The van der Waals surface area contributed by atoms with Gasteiger partial charge in [0.05, 0.1) is 0 Å². The Bertz CT molecular complexity index is 118. The zero-order valence-electron chi connectivity index (χ0n) is 6.44. The molecule has 0 unspecified atom stereocenters. The summed E-state index contributed by atoms with van der Waals surface area (Å²) >= 11 is 0. The van der Waals surface area contributed by atoms with Gasteiger partial charge in [-0.15, -0.1) is 0 Å². The predicted molar refractivity (Wildman–Crippen MR) is 36.3 cm³/mol. The summed E-state index contributed by atoms with van der Waals surface area (Å²) in [5.74, 6) is 0. The Morgan fingerprint density at radius 2 is 1.90 bits per heavy atom. The summed E-state index contributed by atoms with van der Waals surface area (Å²) in [5, 5.41) is 3.31. The van der Waals surface area contributed by atoms with E-state index in [1.807, 2.05) is 0 Å². The molecular formula is C7H13NO2. The highest BCUT2D eigenvalue weighted by molar-refractivity contribution is 5.20. The summed E-state index contributed by atoms with van der Waals surface area (Å²) in [6.07, 6.45) is 1.59. The topological polar surface area (TPSA) is 46.2 Å². The maximum atomic E-state index is 8.12. The van der Waals surface area contributed by atoms with E-state index in [0.29, 0.717) is 5.41 Å². The smallest absolute Gasteiger partial charge is 0.316 e. The molecule has 0 aromatic carbocycles. The van der Waals surface area contributed by atoms with Crippen molar-refractivity contribution in [1.29, 1.82) is 0 Å². The lowest BCUT2D eigenvalue weighted by molar-refractivity contribution is -0.191. The van der Waals surface area contributed by atoms with Crippen molar-refractivity contribution in [3.8, 4) is 0 Å². The summed E-state index contributed by atoms with van der Waals surface area (Å²) in [4.78, 5) is 16.2. The number of hydrogen-bond donors (Lipinski definition) is 1. The van der Waals surface area contributed by atoms with E-state index in [1.165, 1.54) is 19.5 Å². The molecule has 0 aliphatic carbocycles. The highest BCUT2D eigenvalue weighted by Crippen LogP contribution is 2.21. The molecular weight excluding hydrogens is 130 g/mol. The molecule has 1 saturated heterocycles. The van der Waals surface area contributed by atoms with E-state index < -0.39 is 0 Å². The minimum Gasteiger partial charge on any atom is -0.316 e. The van der Waals surface area contributed by atoms with Crippen molar-refractivity contribution < 1.29 is 9.59 Å². The van der Waals surface area contributed by atoms with E-state index in [9.17, 15) is 0 Å².